The number of aryl methyl sites for hydroxylation is 1. The van der Waals surface area contributed by atoms with Crippen LogP contribution in [0.15, 0.2) is 42.5 Å². The molecule has 0 radical (unpaired) electrons. The van der Waals surface area contributed by atoms with Gasteiger partial charge in [-0.15, -0.1) is 0 Å². The molecule has 0 bridgehead atoms. The Balaban J connectivity index is 2.11. The molecule has 2 nitrogen and oxygen atoms in total. The summed E-state index contributed by atoms with van der Waals surface area (Å²) in [5.41, 5.74) is 10.8. The van der Waals surface area contributed by atoms with Crippen molar-refractivity contribution < 1.29 is 0 Å². The summed E-state index contributed by atoms with van der Waals surface area (Å²) < 4.78 is 0. The van der Waals surface area contributed by atoms with Crippen LogP contribution in [0.1, 0.15) is 17.5 Å². The van der Waals surface area contributed by atoms with Crippen molar-refractivity contribution in [3.63, 3.8) is 0 Å². The zero-order valence-electron chi connectivity index (χ0n) is 10.8. The zero-order chi connectivity index (χ0) is 13.2. The van der Waals surface area contributed by atoms with Gasteiger partial charge in [0, 0.05) is 29.5 Å². The van der Waals surface area contributed by atoms with Crippen LogP contribution < -0.4 is 10.6 Å². The first kappa shape index (κ1) is 12.5. The maximum absolute atomic E-state index is 6.15. The van der Waals surface area contributed by atoms with Crippen molar-refractivity contribution in [2.75, 3.05) is 11.4 Å². The number of hydrogen-bond acceptors (Lipinski definition) is 2. The third-order valence-electron chi connectivity index (χ3n) is 3.67. The molecule has 0 spiro atoms. The van der Waals surface area contributed by atoms with E-state index in [1.165, 1.54) is 11.3 Å². The molecular weight excluding hydrogens is 256 g/mol. The number of hydrogen-bond donors (Lipinski definition) is 1. The number of halogens is 1. The van der Waals surface area contributed by atoms with Crippen molar-refractivity contribution >= 4 is 23.0 Å². The van der Waals surface area contributed by atoms with E-state index in [4.69, 9.17) is 17.3 Å². The Morgan fingerprint density at radius 1 is 1.11 bits per heavy atom. The van der Waals surface area contributed by atoms with Gasteiger partial charge in [-0.2, -0.15) is 0 Å². The van der Waals surface area contributed by atoms with Gasteiger partial charge in [-0.3, -0.25) is 0 Å². The molecular formula is C16H17ClN2. The van der Waals surface area contributed by atoms with Crippen LogP contribution in [0, 0.1) is 0 Å². The van der Waals surface area contributed by atoms with Crippen molar-refractivity contribution in [3.05, 3.63) is 58.6 Å². The number of anilines is 2. The molecule has 1 heterocycles. The molecule has 0 aliphatic carbocycles. The van der Waals surface area contributed by atoms with Gasteiger partial charge in [0.25, 0.3) is 0 Å². The summed E-state index contributed by atoms with van der Waals surface area (Å²) in [6.07, 6.45) is 2.30. The average molecular weight is 273 g/mol. The van der Waals surface area contributed by atoms with Crippen LogP contribution in [0.25, 0.3) is 0 Å². The largest absolute Gasteiger partial charge is 0.341 e. The summed E-state index contributed by atoms with van der Waals surface area (Å²) in [6, 6.07) is 14.5. The maximum Gasteiger partial charge on any atom is 0.0471 e. The number of rotatable bonds is 2. The van der Waals surface area contributed by atoms with Gasteiger partial charge in [-0.1, -0.05) is 35.9 Å². The van der Waals surface area contributed by atoms with Crippen LogP contribution in [-0.4, -0.2) is 6.54 Å². The molecule has 1 aliphatic rings. The number of fused-ring (bicyclic) bond motifs is 1. The van der Waals surface area contributed by atoms with Crippen molar-refractivity contribution in [1.82, 2.24) is 0 Å². The zero-order valence-corrected chi connectivity index (χ0v) is 11.5. The normalized spacial score (nSPS) is 14.3. The maximum atomic E-state index is 6.15. The van der Waals surface area contributed by atoms with E-state index in [9.17, 15) is 0 Å². The van der Waals surface area contributed by atoms with Crippen molar-refractivity contribution in [3.8, 4) is 0 Å². The molecule has 2 aromatic rings. The van der Waals surface area contributed by atoms with E-state index in [2.05, 4.69) is 29.2 Å². The minimum absolute atomic E-state index is 0.533. The fraction of sp³-hybridized carbons (Fsp3) is 0.250. The molecule has 0 fully saturated rings. The van der Waals surface area contributed by atoms with Crippen LogP contribution >= 0.6 is 11.6 Å². The lowest BCUT2D eigenvalue weighted by molar-refractivity contribution is 0.763. The first-order valence-electron chi connectivity index (χ1n) is 6.63. The molecule has 0 saturated carbocycles. The van der Waals surface area contributed by atoms with Gasteiger partial charge in [-0.05, 0) is 42.2 Å². The molecule has 0 saturated heterocycles. The predicted molar refractivity (Wildman–Crippen MR) is 81.1 cm³/mol. The average Bonchev–Trinajstić information content (AvgIpc) is 2.46. The SMILES string of the molecule is NCc1ccc(Cl)cc1N1CCCc2ccccc21. The highest BCUT2D eigenvalue weighted by Crippen LogP contribution is 2.36. The van der Waals surface area contributed by atoms with Gasteiger partial charge in [0.15, 0.2) is 0 Å². The fourth-order valence-electron chi connectivity index (χ4n) is 2.74. The van der Waals surface area contributed by atoms with Gasteiger partial charge >= 0.3 is 0 Å². The highest BCUT2D eigenvalue weighted by molar-refractivity contribution is 6.30. The second-order valence-electron chi connectivity index (χ2n) is 4.86. The molecule has 3 heteroatoms. The second-order valence-corrected chi connectivity index (χ2v) is 5.30. The highest BCUT2D eigenvalue weighted by atomic mass is 35.5. The van der Waals surface area contributed by atoms with Crippen LogP contribution in [-0.2, 0) is 13.0 Å². The second kappa shape index (κ2) is 5.24. The van der Waals surface area contributed by atoms with Gasteiger partial charge in [-0.25, -0.2) is 0 Å². The van der Waals surface area contributed by atoms with Crippen LogP contribution in [0.2, 0.25) is 5.02 Å². The summed E-state index contributed by atoms with van der Waals surface area (Å²) in [7, 11) is 0. The Morgan fingerprint density at radius 3 is 2.79 bits per heavy atom. The summed E-state index contributed by atoms with van der Waals surface area (Å²) in [4.78, 5) is 2.34. The minimum atomic E-state index is 0.533. The molecule has 19 heavy (non-hydrogen) atoms. The van der Waals surface area contributed by atoms with Crippen LogP contribution in [0.4, 0.5) is 11.4 Å². The molecule has 2 aromatic carbocycles. The lowest BCUT2D eigenvalue weighted by atomic mass is 10.00. The van der Waals surface area contributed by atoms with E-state index in [0.717, 1.165) is 35.7 Å². The monoisotopic (exact) mass is 272 g/mol. The Kier molecular flexibility index (Phi) is 3.45. The lowest BCUT2D eigenvalue weighted by Crippen LogP contribution is -2.25. The van der Waals surface area contributed by atoms with Crippen molar-refractivity contribution in [2.45, 2.75) is 19.4 Å². The fourth-order valence-corrected chi connectivity index (χ4v) is 2.91. The number of para-hydroxylation sites is 1. The van der Waals surface area contributed by atoms with E-state index in [1.807, 2.05) is 18.2 Å². The van der Waals surface area contributed by atoms with Gasteiger partial charge in [0.05, 0.1) is 0 Å². The smallest absolute Gasteiger partial charge is 0.0471 e. The van der Waals surface area contributed by atoms with Gasteiger partial charge < -0.3 is 10.6 Å². The Morgan fingerprint density at radius 2 is 1.95 bits per heavy atom. The summed E-state index contributed by atoms with van der Waals surface area (Å²) in [6.45, 7) is 1.55. The standard InChI is InChI=1S/C16H17ClN2/c17-14-8-7-13(11-18)16(10-14)19-9-3-5-12-4-1-2-6-15(12)19/h1-2,4,6-8,10H,3,5,9,11,18H2. The number of benzene rings is 2. The quantitative estimate of drug-likeness (QED) is 0.899. The Hall–Kier alpha value is -1.51. The molecule has 1 aliphatic heterocycles. The molecule has 0 amide bonds. The first-order valence-corrected chi connectivity index (χ1v) is 7.01. The first-order chi connectivity index (χ1) is 9.29. The van der Waals surface area contributed by atoms with E-state index in [0.29, 0.717) is 6.54 Å². The minimum Gasteiger partial charge on any atom is -0.341 e. The van der Waals surface area contributed by atoms with E-state index in [1.54, 1.807) is 0 Å². The third kappa shape index (κ3) is 2.34. The molecule has 3 rings (SSSR count). The topological polar surface area (TPSA) is 29.3 Å². The molecule has 98 valence electrons. The third-order valence-corrected chi connectivity index (χ3v) is 3.90. The van der Waals surface area contributed by atoms with Crippen molar-refractivity contribution in [2.24, 2.45) is 5.73 Å². The van der Waals surface area contributed by atoms with Gasteiger partial charge in [0.2, 0.25) is 0 Å². The van der Waals surface area contributed by atoms with Crippen molar-refractivity contribution in [1.29, 1.82) is 0 Å². The summed E-state index contributed by atoms with van der Waals surface area (Å²) in [5.74, 6) is 0. The molecule has 0 aromatic heterocycles. The van der Waals surface area contributed by atoms with E-state index < -0.39 is 0 Å². The van der Waals surface area contributed by atoms with Crippen LogP contribution in [0.3, 0.4) is 0 Å². The summed E-state index contributed by atoms with van der Waals surface area (Å²) in [5, 5.41) is 0.759. The van der Waals surface area contributed by atoms with Crippen LogP contribution in [0.5, 0.6) is 0 Å². The number of nitrogens with two attached hydrogens (primary N) is 1. The highest BCUT2D eigenvalue weighted by Gasteiger charge is 2.19. The molecule has 2 N–H and O–H groups in total. The molecule has 0 unspecified atom stereocenters. The predicted octanol–water partition coefficient (Wildman–Crippen LogP) is 3.88. The van der Waals surface area contributed by atoms with Gasteiger partial charge in [0.1, 0.15) is 0 Å². The summed E-state index contributed by atoms with van der Waals surface area (Å²) >= 11 is 6.15. The van der Waals surface area contributed by atoms with E-state index >= 15 is 0 Å². The lowest BCUT2D eigenvalue weighted by Gasteiger charge is -2.32. The number of nitrogens with zero attached hydrogens (tertiary/aromatic N) is 1. The Bertz CT molecular complexity index is 595. The molecule has 0 atom stereocenters. The van der Waals surface area contributed by atoms with E-state index in [-0.39, 0.29) is 0 Å². The Labute approximate surface area is 118 Å².